The molecular weight excluding hydrogens is 402 g/mol. The first-order valence-corrected chi connectivity index (χ1v) is 11.8. The van der Waals surface area contributed by atoms with E-state index >= 15 is 0 Å². The fourth-order valence-corrected chi connectivity index (χ4v) is 4.37. The number of fused-ring (bicyclic) bond motifs is 1. The van der Waals surface area contributed by atoms with Crippen molar-refractivity contribution in [3.63, 3.8) is 0 Å². The SMILES string of the molecule is CC(C)C(=O)Nc1nc2c(-c3ccc(CN4CC(S(C)(=O)=O)C4)cc3)cccn2n1. The first-order valence-electron chi connectivity index (χ1n) is 9.87. The lowest BCUT2D eigenvalue weighted by Crippen LogP contribution is -2.53. The molecule has 1 aliphatic rings. The van der Waals surface area contributed by atoms with Gasteiger partial charge in [-0.2, -0.15) is 4.98 Å². The smallest absolute Gasteiger partial charge is 0.249 e. The van der Waals surface area contributed by atoms with Crippen LogP contribution in [0, 0.1) is 5.92 Å². The van der Waals surface area contributed by atoms with Crippen LogP contribution in [0.5, 0.6) is 0 Å². The first-order chi connectivity index (χ1) is 14.2. The number of benzene rings is 1. The summed E-state index contributed by atoms with van der Waals surface area (Å²) in [4.78, 5) is 18.6. The number of sulfone groups is 1. The Hall–Kier alpha value is -2.78. The highest BCUT2D eigenvalue weighted by molar-refractivity contribution is 7.91. The summed E-state index contributed by atoms with van der Waals surface area (Å²) in [5.74, 6) is 0.0136. The topological polar surface area (TPSA) is 96.7 Å². The van der Waals surface area contributed by atoms with E-state index in [1.165, 1.54) is 6.26 Å². The number of hydrogen-bond acceptors (Lipinski definition) is 6. The van der Waals surface area contributed by atoms with Gasteiger partial charge >= 0.3 is 0 Å². The molecule has 3 heterocycles. The zero-order valence-corrected chi connectivity index (χ0v) is 18.1. The van der Waals surface area contributed by atoms with Gasteiger partial charge in [-0.3, -0.25) is 15.0 Å². The minimum absolute atomic E-state index is 0.124. The molecule has 4 rings (SSSR count). The largest absolute Gasteiger partial charge is 0.296 e. The van der Waals surface area contributed by atoms with Gasteiger partial charge in [0.25, 0.3) is 0 Å². The molecule has 3 aromatic rings. The average molecular weight is 428 g/mol. The molecule has 1 amide bonds. The molecule has 1 N–H and O–H groups in total. The van der Waals surface area contributed by atoms with E-state index in [-0.39, 0.29) is 23.0 Å². The maximum Gasteiger partial charge on any atom is 0.249 e. The summed E-state index contributed by atoms with van der Waals surface area (Å²) in [5, 5.41) is 6.84. The summed E-state index contributed by atoms with van der Waals surface area (Å²) < 4.78 is 24.8. The highest BCUT2D eigenvalue weighted by Crippen LogP contribution is 2.26. The van der Waals surface area contributed by atoms with Crippen LogP contribution in [-0.4, -0.2) is 58.4 Å². The molecule has 1 aliphatic heterocycles. The van der Waals surface area contributed by atoms with Crippen molar-refractivity contribution in [2.24, 2.45) is 5.92 Å². The van der Waals surface area contributed by atoms with Gasteiger partial charge < -0.3 is 0 Å². The van der Waals surface area contributed by atoms with Crippen LogP contribution >= 0.6 is 0 Å². The molecular formula is C21H25N5O3S. The summed E-state index contributed by atoms with van der Waals surface area (Å²) in [6.07, 6.45) is 3.10. The molecule has 0 radical (unpaired) electrons. The minimum Gasteiger partial charge on any atom is -0.296 e. The normalized spacial score (nSPS) is 15.5. The van der Waals surface area contributed by atoms with Crippen molar-refractivity contribution >= 4 is 27.3 Å². The molecule has 0 saturated carbocycles. The van der Waals surface area contributed by atoms with E-state index in [0.717, 1.165) is 23.2 Å². The molecule has 9 heteroatoms. The number of nitrogens with one attached hydrogen (secondary N) is 1. The van der Waals surface area contributed by atoms with E-state index in [0.29, 0.717) is 18.7 Å². The summed E-state index contributed by atoms with van der Waals surface area (Å²) >= 11 is 0. The second-order valence-electron chi connectivity index (χ2n) is 8.11. The number of rotatable bonds is 6. The number of pyridine rings is 1. The van der Waals surface area contributed by atoms with Crippen molar-refractivity contribution in [2.45, 2.75) is 25.6 Å². The quantitative estimate of drug-likeness (QED) is 0.648. The predicted molar refractivity (Wildman–Crippen MR) is 116 cm³/mol. The third-order valence-electron chi connectivity index (χ3n) is 5.32. The van der Waals surface area contributed by atoms with Gasteiger partial charge in [-0.1, -0.05) is 38.1 Å². The molecule has 0 unspecified atom stereocenters. The van der Waals surface area contributed by atoms with Crippen LogP contribution in [0.1, 0.15) is 19.4 Å². The number of hydrogen-bond donors (Lipinski definition) is 1. The van der Waals surface area contributed by atoms with Crippen molar-refractivity contribution < 1.29 is 13.2 Å². The zero-order chi connectivity index (χ0) is 21.5. The number of aromatic nitrogens is 3. The molecule has 1 aromatic carbocycles. The third kappa shape index (κ3) is 4.22. The van der Waals surface area contributed by atoms with Crippen molar-refractivity contribution in [2.75, 3.05) is 24.7 Å². The minimum atomic E-state index is -2.95. The summed E-state index contributed by atoms with van der Waals surface area (Å²) in [6, 6.07) is 12.0. The number of carbonyl (C=O) groups is 1. The summed E-state index contributed by atoms with van der Waals surface area (Å²) in [6.45, 7) is 5.54. The summed E-state index contributed by atoms with van der Waals surface area (Å²) in [5.41, 5.74) is 3.71. The van der Waals surface area contributed by atoms with Gasteiger partial charge in [0.05, 0.1) is 5.25 Å². The van der Waals surface area contributed by atoms with Crippen LogP contribution in [0.25, 0.3) is 16.8 Å². The Balaban J connectivity index is 1.50. The fourth-order valence-electron chi connectivity index (χ4n) is 3.41. The molecule has 2 aromatic heterocycles. The molecule has 1 saturated heterocycles. The summed E-state index contributed by atoms with van der Waals surface area (Å²) in [7, 11) is -2.95. The van der Waals surface area contributed by atoms with E-state index in [4.69, 9.17) is 0 Å². The number of anilines is 1. The molecule has 0 bridgehead atoms. The van der Waals surface area contributed by atoms with Gasteiger partial charge in [0, 0.05) is 43.6 Å². The number of likely N-dealkylation sites (tertiary alicyclic amines) is 1. The Morgan fingerprint density at radius 1 is 1.20 bits per heavy atom. The lowest BCUT2D eigenvalue weighted by molar-refractivity contribution is -0.118. The van der Waals surface area contributed by atoms with Crippen LogP contribution in [0.3, 0.4) is 0 Å². The van der Waals surface area contributed by atoms with Crippen molar-refractivity contribution in [1.82, 2.24) is 19.5 Å². The molecule has 8 nitrogen and oxygen atoms in total. The molecule has 158 valence electrons. The lowest BCUT2D eigenvalue weighted by atomic mass is 10.0. The molecule has 0 spiro atoms. The van der Waals surface area contributed by atoms with E-state index in [2.05, 4.69) is 20.3 Å². The Bertz CT molecular complexity index is 1180. The second kappa shape index (κ2) is 7.81. The van der Waals surface area contributed by atoms with Crippen LogP contribution in [0.15, 0.2) is 42.6 Å². The standard InChI is InChI=1S/C21H25N5O3S/c1-14(2)20(27)23-21-22-19-18(5-4-10-26(19)24-21)16-8-6-15(7-9-16)11-25-12-17(13-25)30(3,28)29/h4-10,14,17H,11-13H2,1-3H3,(H,23,24,27). The number of amides is 1. The van der Waals surface area contributed by atoms with E-state index in [9.17, 15) is 13.2 Å². The maximum absolute atomic E-state index is 11.9. The first kappa shape index (κ1) is 20.5. The number of carbonyl (C=O) groups excluding carboxylic acids is 1. The van der Waals surface area contributed by atoms with Gasteiger partial charge in [0.15, 0.2) is 15.5 Å². The highest BCUT2D eigenvalue weighted by atomic mass is 32.2. The Morgan fingerprint density at radius 3 is 2.53 bits per heavy atom. The van der Waals surface area contributed by atoms with E-state index < -0.39 is 9.84 Å². The highest BCUT2D eigenvalue weighted by Gasteiger charge is 2.34. The van der Waals surface area contributed by atoms with E-state index in [1.807, 2.05) is 50.2 Å². The van der Waals surface area contributed by atoms with Crippen LogP contribution in [-0.2, 0) is 21.2 Å². The fraction of sp³-hybridized carbons (Fsp3) is 0.381. The Kier molecular flexibility index (Phi) is 5.33. The van der Waals surface area contributed by atoms with Crippen molar-refractivity contribution in [3.8, 4) is 11.1 Å². The maximum atomic E-state index is 11.9. The predicted octanol–water partition coefficient (Wildman–Crippen LogP) is 2.22. The molecule has 1 fully saturated rings. The van der Waals surface area contributed by atoms with Crippen LogP contribution in [0.2, 0.25) is 0 Å². The van der Waals surface area contributed by atoms with Crippen LogP contribution < -0.4 is 5.32 Å². The van der Waals surface area contributed by atoms with Gasteiger partial charge in [-0.05, 0) is 23.3 Å². The van der Waals surface area contributed by atoms with Gasteiger partial charge in [-0.25, -0.2) is 12.9 Å². The molecule has 0 aliphatic carbocycles. The van der Waals surface area contributed by atoms with Gasteiger partial charge in [0.2, 0.25) is 11.9 Å². The Morgan fingerprint density at radius 2 is 1.90 bits per heavy atom. The van der Waals surface area contributed by atoms with Gasteiger partial charge in [0.1, 0.15) is 0 Å². The third-order valence-corrected chi connectivity index (χ3v) is 6.83. The van der Waals surface area contributed by atoms with E-state index in [1.54, 1.807) is 10.7 Å². The number of nitrogens with zero attached hydrogens (tertiary/aromatic N) is 4. The Labute approximate surface area is 175 Å². The molecule has 0 atom stereocenters. The van der Waals surface area contributed by atoms with Crippen molar-refractivity contribution in [1.29, 1.82) is 0 Å². The lowest BCUT2D eigenvalue weighted by Gasteiger charge is -2.37. The second-order valence-corrected chi connectivity index (χ2v) is 10.4. The molecule has 30 heavy (non-hydrogen) atoms. The zero-order valence-electron chi connectivity index (χ0n) is 17.2. The average Bonchev–Trinajstić information content (AvgIpc) is 3.06. The monoisotopic (exact) mass is 427 g/mol. The van der Waals surface area contributed by atoms with Gasteiger partial charge in [-0.15, -0.1) is 5.10 Å². The van der Waals surface area contributed by atoms with Crippen LogP contribution in [0.4, 0.5) is 5.95 Å². The van der Waals surface area contributed by atoms with Crippen molar-refractivity contribution in [3.05, 3.63) is 48.2 Å².